The van der Waals surface area contributed by atoms with Gasteiger partial charge in [0.25, 0.3) is 5.56 Å². The van der Waals surface area contributed by atoms with Gasteiger partial charge in [0, 0.05) is 10.2 Å². The van der Waals surface area contributed by atoms with E-state index in [0.29, 0.717) is 16.0 Å². The largest absolute Gasteiger partial charge is 0.340 e. The second-order valence-corrected chi connectivity index (χ2v) is 7.98. The SMILES string of the molecule is O=c1c2sc3ncnc(Nc4ccccc4)c3c2ncn1-c1ccc(Br)cc1. The summed E-state index contributed by atoms with van der Waals surface area (Å²) in [6.07, 6.45) is 3.05. The third-order valence-corrected chi connectivity index (χ3v) is 5.92. The molecule has 5 aromatic rings. The number of hydrogen-bond acceptors (Lipinski definition) is 6. The average molecular weight is 450 g/mol. The molecule has 0 amide bonds. The van der Waals surface area contributed by atoms with Crippen molar-refractivity contribution >= 4 is 59.2 Å². The van der Waals surface area contributed by atoms with E-state index in [9.17, 15) is 4.79 Å². The highest BCUT2D eigenvalue weighted by Gasteiger charge is 2.17. The van der Waals surface area contributed by atoms with Crippen LogP contribution in [0.1, 0.15) is 0 Å². The first kappa shape index (κ1) is 17.0. The Morgan fingerprint density at radius 3 is 2.54 bits per heavy atom. The molecule has 8 heteroatoms. The first-order valence-corrected chi connectivity index (χ1v) is 10.0. The van der Waals surface area contributed by atoms with E-state index in [1.165, 1.54) is 17.7 Å². The lowest BCUT2D eigenvalue weighted by molar-refractivity contribution is 0.967. The molecule has 1 N–H and O–H groups in total. The van der Waals surface area contributed by atoms with Gasteiger partial charge in [-0.1, -0.05) is 34.1 Å². The number of aromatic nitrogens is 4. The summed E-state index contributed by atoms with van der Waals surface area (Å²) in [6, 6.07) is 17.3. The first-order valence-electron chi connectivity index (χ1n) is 8.43. The van der Waals surface area contributed by atoms with E-state index < -0.39 is 0 Å². The van der Waals surface area contributed by atoms with Crippen molar-refractivity contribution < 1.29 is 0 Å². The fourth-order valence-electron chi connectivity index (χ4n) is 3.00. The van der Waals surface area contributed by atoms with Crippen LogP contribution in [0.25, 0.3) is 26.1 Å². The maximum Gasteiger partial charge on any atom is 0.275 e. The number of para-hydroxylation sites is 1. The van der Waals surface area contributed by atoms with Gasteiger partial charge < -0.3 is 5.32 Å². The van der Waals surface area contributed by atoms with Crippen LogP contribution in [-0.4, -0.2) is 19.5 Å². The van der Waals surface area contributed by atoms with Crippen molar-refractivity contribution in [3.05, 3.63) is 82.1 Å². The topological polar surface area (TPSA) is 72.7 Å². The standard InChI is InChI=1S/C20H12BrN5OS/c21-12-6-8-14(9-7-12)26-11-24-16-15-18(25-13-4-2-1-3-5-13)22-10-23-19(15)28-17(16)20(26)27/h1-11H,(H,22,23,25). The minimum absolute atomic E-state index is 0.124. The Balaban J connectivity index is 1.71. The molecule has 0 fully saturated rings. The van der Waals surface area contributed by atoms with Crippen molar-refractivity contribution in [3.63, 3.8) is 0 Å². The molecule has 28 heavy (non-hydrogen) atoms. The van der Waals surface area contributed by atoms with Gasteiger partial charge in [0.2, 0.25) is 0 Å². The third kappa shape index (κ3) is 2.87. The zero-order valence-electron chi connectivity index (χ0n) is 14.3. The van der Waals surface area contributed by atoms with Crippen LogP contribution >= 0.6 is 27.3 Å². The van der Waals surface area contributed by atoms with Gasteiger partial charge in [-0.2, -0.15) is 0 Å². The molecular formula is C20H12BrN5OS. The smallest absolute Gasteiger partial charge is 0.275 e. The Bertz CT molecular complexity index is 1360. The predicted molar refractivity (Wildman–Crippen MR) is 116 cm³/mol. The van der Waals surface area contributed by atoms with E-state index >= 15 is 0 Å². The highest BCUT2D eigenvalue weighted by molar-refractivity contribution is 9.10. The molecule has 0 unspecified atom stereocenters. The summed E-state index contributed by atoms with van der Waals surface area (Å²) in [4.78, 5) is 27.1. The number of rotatable bonds is 3. The summed E-state index contributed by atoms with van der Waals surface area (Å²) in [6.45, 7) is 0. The normalized spacial score (nSPS) is 11.2. The molecular weight excluding hydrogens is 438 g/mol. The minimum atomic E-state index is -0.124. The second kappa shape index (κ2) is 6.81. The number of anilines is 2. The number of hydrogen-bond donors (Lipinski definition) is 1. The Morgan fingerprint density at radius 1 is 0.964 bits per heavy atom. The summed E-state index contributed by atoms with van der Waals surface area (Å²) in [5, 5.41) is 4.05. The van der Waals surface area contributed by atoms with Gasteiger partial charge in [0.1, 0.15) is 33.5 Å². The van der Waals surface area contributed by atoms with E-state index in [4.69, 9.17) is 0 Å². The highest BCUT2D eigenvalue weighted by Crippen LogP contribution is 2.34. The van der Waals surface area contributed by atoms with Crippen molar-refractivity contribution in [3.8, 4) is 5.69 Å². The lowest BCUT2D eigenvalue weighted by Crippen LogP contribution is -2.17. The maximum atomic E-state index is 13.1. The summed E-state index contributed by atoms with van der Waals surface area (Å²) in [5.74, 6) is 0.635. The lowest BCUT2D eigenvalue weighted by Gasteiger charge is -2.07. The van der Waals surface area contributed by atoms with Crippen LogP contribution in [0.15, 0.2) is 76.5 Å². The van der Waals surface area contributed by atoms with E-state index in [2.05, 4.69) is 36.2 Å². The van der Waals surface area contributed by atoms with E-state index in [1.54, 1.807) is 10.9 Å². The summed E-state index contributed by atoms with van der Waals surface area (Å²) < 4.78 is 3.05. The molecule has 0 atom stereocenters. The first-order chi connectivity index (χ1) is 13.7. The maximum absolute atomic E-state index is 13.1. The van der Waals surface area contributed by atoms with Crippen LogP contribution in [-0.2, 0) is 0 Å². The van der Waals surface area contributed by atoms with Crippen LogP contribution in [0.5, 0.6) is 0 Å². The molecule has 136 valence electrons. The van der Waals surface area contributed by atoms with Crippen molar-refractivity contribution in [1.29, 1.82) is 0 Å². The Labute approximate surface area is 171 Å². The average Bonchev–Trinajstić information content (AvgIpc) is 3.11. The fourth-order valence-corrected chi connectivity index (χ4v) is 4.29. The number of benzene rings is 2. The molecule has 0 aliphatic heterocycles. The van der Waals surface area contributed by atoms with E-state index in [0.717, 1.165) is 26.1 Å². The Hall–Kier alpha value is -3.10. The van der Waals surface area contributed by atoms with Crippen LogP contribution in [0.3, 0.4) is 0 Å². The molecule has 3 heterocycles. The Kier molecular flexibility index (Phi) is 4.14. The van der Waals surface area contributed by atoms with E-state index in [-0.39, 0.29) is 5.56 Å². The molecule has 0 aliphatic rings. The van der Waals surface area contributed by atoms with Crippen molar-refractivity contribution in [2.24, 2.45) is 0 Å². The summed E-state index contributed by atoms with van der Waals surface area (Å²) >= 11 is 4.74. The fraction of sp³-hybridized carbons (Fsp3) is 0. The molecule has 0 spiro atoms. The summed E-state index contributed by atoms with van der Waals surface area (Å²) in [7, 11) is 0. The number of fused-ring (bicyclic) bond motifs is 3. The predicted octanol–water partition coefficient (Wildman–Crippen LogP) is 4.90. The zero-order chi connectivity index (χ0) is 19.1. The van der Waals surface area contributed by atoms with E-state index in [1.807, 2.05) is 54.6 Å². The van der Waals surface area contributed by atoms with Crippen molar-refractivity contribution in [1.82, 2.24) is 19.5 Å². The number of nitrogens with zero attached hydrogens (tertiary/aromatic N) is 4. The van der Waals surface area contributed by atoms with Gasteiger partial charge in [-0.05, 0) is 36.4 Å². The van der Waals surface area contributed by atoms with Crippen LogP contribution in [0, 0.1) is 0 Å². The molecule has 0 saturated heterocycles. The van der Waals surface area contributed by atoms with Gasteiger partial charge in [-0.3, -0.25) is 9.36 Å². The van der Waals surface area contributed by atoms with Crippen LogP contribution in [0.4, 0.5) is 11.5 Å². The molecule has 6 nitrogen and oxygen atoms in total. The highest BCUT2D eigenvalue weighted by atomic mass is 79.9. The molecule has 5 rings (SSSR count). The number of thiophene rings is 1. The molecule has 0 saturated carbocycles. The van der Waals surface area contributed by atoms with Crippen LogP contribution in [0.2, 0.25) is 0 Å². The van der Waals surface area contributed by atoms with Crippen molar-refractivity contribution in [2.75, 3.05) is 5.32 Å². The molecule has 3 aromatic heterocycles. The van der Waals surface area contributed by atoms with Crippen LogP contribution < -0.4 is 10.9 Å². The van der Waals surface area contributed by atoms with Gasteiger partial charge in [0.15, 0.2) is 0 Å². The quantitative estimate of drug-likeness (QED) is 0.424. The molecule has 0 aliphatic carbocycles. The van der Waals surface area contributed by atoms with Gasteiger partial charge in [-0.25, -0.2) is 15.0 Å². The van der Waals surface area contributed by atoms with Crippen molar-refractivity contribution in [2.45, 2.75) is 0 Å². The second-order valence-electron chi connectivity index (χ2n) is 6.07. The molecule has 0 bridgehead atoms. The lowest BCUT2D eigenvalue weighted by atomic mass is 10.2. The Morgan fingerprint density at radius 2 is 1.75 bits per heavy atom. The number of nitrogens with one attached hydrogen (secondary N) is 1. The van der Waals surface area contributed by atoms with Gasteiger partial charge in [0.05, 0.1) is 11.1 Å². The monoisotopic (exact) mass is 449 g/mol. The molecule has 2 aromatic carbocycles. The van der Waals surface area contributed by atoms with Gasteiger partial charge >= 0.3 is 0 Å². The zero-order valence-corrected chi connectivity index (χ0v) is 16.7. The third-order valence-electron chi connectivity index (χ3n) is 4.32. The minimum Gasteiger partial charge on any atom is -0.340 e. The summed E-state index contributed by atoms with van der Waals surface area (Å²) in [5.41, 5.74) is 2.15. The van der Waals surface area contributed by atoms with Gasteiger partial charge in [-0.15, -0.1) is 11.3 Å². The molecule has 0 radical (unpaired) electrons. The number of halogens is 1.